The molecule has 1 aliphatic heterocycles. The van der Waals surface area contributed by atoms with Crippen LogP contribution in [0.1, 0.15) is 15.9 Å². The molecule has 0 unspecified atom stereocenters. The SMILES string of the molecule is O=C(Nc1cccc([N+](=O)[O-])c1)c1c[nH]c(=O)n(Cc2ccc3c(c2)OCO3)c1=O. The Morgan fingerprint density at radius 3 is 2.77 bits per heavy atom. The number of ether oxygens (including phenoxy) is 2. The van der Waals surface area contributed by atoms with Crippen LogP contribution in [0.4, 0.5) is 11.4 Å². The van der Waals surface area contributed by atoms with Gasteiger partial charge in [0.05, 0.1) is 11.5 Å². The number of carbonyl (C=O) groups excluding carboxylic acids is 1. The van der Waals surface area contributed by atoms with E-state index in [4.69, 9.17) is 9.47 Å². The van der Waals surface area contributed by atoms with E-state index >= 15 is 0 Å². The molecule has 4 rings (SSSR count). The third-order valence-electron chi connectivity index (χ3n) is 4.40. The molecule has 30 heavy (non-hydrogen) atoms. The number of aromatic nitrogens is 2. The fourth-order valence-corrected chi connectivity index (χ4v) is 2.93. The summed E-state index contributed by atoms with van der Waals surface area (Å²) in [5.41, 5.74) is -1.29. The molecule has 0 radical (unpaired) electrons. The number of nitro benzene ring substituents is 1. The molecule has 2 N–H and O–H groups in total. The van der Waals surface area contributed by atoms with Gasteiger partial charge in [-0.25, -0.2) is 4.79 Å². The van der Waals surface area contributed by atoms with E-state index in [0.717, 1.165) is 16.8 Å². The minimum Gasteiger partial charge on any atom is -0.454 e. The van der Waals surface area contributed by atoms with Crippen LogP contribution < -0.4 is 26.0 Å². The van der Waals surface area contributed by atoms with Crippen molar-refractivity contribution in [3.63, 3.8) is 0 Å². The van der Waals surface area contributed by atoms with Crippen LogP contribution in [-0.4, -0.2) is 27.2 Å². The summed E-state index contributed by atoms with van der Waals surface area (Å²) in [5, 5.41) is 13.3. The first-order chi connectivity index (χ1) is 14.4. The second-order valence-electron chi connectivity index (χ2n) is 6.35. The lowest BCUT2D eigenvalue weighted by Crippen LogP contribution is -2.39. The van der Waals surface area contributed by atoms with Gasteiger partial charge in [0.2, 0.25) is 6.79 Å². The molecule has 152 valence electrons. The number of rotatable bonds is 5. The highest BCUT2D eigenvalue weighted by Gasteiger charge is 2.18. The van der Waals surface area contributed by atoms with Gasteiger partial charge in [-0.05, 0) is 23.8 Å². The second kappa shape index (κ2) is 7.54. The van der Waals surface area contributed by atoms with Crippen LogP contribution >= 0.6 is 0 Å². The van der Waals surface area contributed by atoms with Crippen LogP contribution in [0.2, 0.25) is 0 Å². The van der Waals surface area contributed by atoms with Crippen molar-refractivity contribution < 1.29 is 19.2 Å². The molecule has 0 aliphatic carbocycles. The van der Waals surface area contributed by atoms with E-state index in [-0.39, 0.29) is 30.3 Å². The number of nitro groups is 1. The summed E-state index contributed by atoms with van der Waals surface area (Å²) in [6.45, 7) is -0.00461. The van der Waals surface area contributed by atoms with Gasteiger partial charge >= 0.3 is 5.69 Å². The maximum atomic E-state index is 12.8. The Labute approximate surface area is 167 Å². The van der Waals surface area contributed by atoms with Crippen molar-refractivity contribution in [3.8, 4) is 11.5 Å². The Hall–Kier alpha value is -4.41. The van der Waals surface area contributed by atoms with E-state index in [0.29, 0.717) is 17.1 Å². The molecule has 0 saturated heterocycles. The van der Waals surface area contributed by atoms with Crippen LogP contribution in [-0.2, 0) is 6.54 Å². The lowest BCUT2D eigenvalue weighted by Gasteiger charge is -2.09. The fraction of sp³-hybridized carbons (Fsp3) is 0.105. The number of fused-ring (bicyclic) bond motifs is 1. The molecule has 0 atom stereocenters. The quantitative estimate of drug-likeness (QED) is 0.478. The molecular formula is C19H14N4O7. The van der Waals surface area contributed by atoms with Crippen LogP contribution in [0.3, 0.4) is 0 Å². The van der Waals surface area contributed by atoms with Gasteiger partial charge in [0, 0.05) is 24.0 Å². The Morgan fingerprint density at radius 2 is 1.97 bits per heavy atom. The lowest BCUT2D eigenvalue weighted by molar-refractivity contribution is -0.384. The number of anilines is 1. The number of amides is 1. The first kappa shape index (κ1) is 18.9. The Balaban J connectivity index is 1.61. The van der Waals surface area contributed by atoms with Gasteiger partial charge in [-0.15, -0.1) is 0 Å². The summed E-state index contributed by atoms with van der Waals surface area (Å²) in [6, 6.07) is 10.3. The molecule has 2 heterocycles. The average molecular weight is 410 g/mol. The molecule has 0 bridgehead atoms. The molecule has 1 amide bonds. The second-order valence-corrected chi connectivity index (χ2v) is 6.35. The number of nitrogens with zero attached hydrogens (tertiary/aromatic N) is 2. The zero-order chi connectivity index (χ0) is 21.3. The van der Waals surface area contributed by atoms with Crippen molar-refractivity contribution in [2.45, 2.75) is 6.54 Å². The van der Waals surface area contributed by atoms with E-state index in [2.05, 4.69) is 10.3 Å². The highest BCUT2D eigenvalue weighted by molar-refractivity contribution is 6.03. The van der Waals surface area contributed by atoms with Crippen molar-refractivity contribution in [3.05, 3.63) is 90.7 Å². The third-order valence-corrected chi connectivity index (χ3v) is 4.40. The van der Waals surface area contributed by atoms with Crippen molar-refractivity contribution in [1.82, 2.24) is 9.55 Å². The number of benzene rings is 2. The molecule has 11 heteroatoms. The number of hydrogen-bond acceptors (Lipinski definition) is 7. The number of H-pyrrole nitrogens is 1. The third kappa shape index (κ3) is 3.63. The summed E-state index contributed by atoms with van der Waals surface area (Å²) in [6.07, 6.45) is 1.01. The zero-order valence-electron chi connectivity index (χ0n) is 15.3. The largest absolute Gasteiger partial charge is 0.454 e. The van der Waals surface area contributed by atoms with Gasteiger partial charge in [0.1, 0.15) is 5.56 Å². The molecule has 1 aliphatic rings. The standard InChI is InChI=1S/C19H14N4O7/c24-17(21-12-2-1-3-13(7-12)23(27)28)14-8-20-19(26)22(18(14)25)9-11-4-5-15-16(6-11)30-10-29-15/h1-8H,9-10H2,(H,20,26)(H,21,24). The summed E-state index contributed by atoms with van der Waals surface area (Å²) in [4.78, 5) is 50.1. The average Bonchev–Trinajstić information content (AvgIpc) is 3.19. The van der Waals surface area contributed by atoms with E-state index < -0.39 is 22.1 Å². The lowest BCUT2D eigenvalue weighted by atomic mass is 10.2. The highest BCUT2D eigenvalue weighted by Crippen LogP contribution is 2.32. The first-order valence-corrected chi connectivity index (χ1v) is 8.69. The van der Waals surface area contributed by atoms with Gasteiger partial charge in [-0.2, -0.15) is 0 Å². The first-order valence-electron chi connectivity index (χ1n) is 8.69. The van der Waals surface area contributed by atoms with E-state index in [9.17, 15) is 24.5 Å². The van der Waals surface area contributed by atoms with Crippen molar-refractivity contribution in [1.29, 1.82) is 0 Å². The van der Waals surface area contributed by atoms with Crippen molar-refractivity contribution in [2.75, 3.05) is 12.1 Å². The van der Waals surface area contributed by atoms with E-state index in [1.54, 1.807) is 18.2 Å². The summed E-state index contributed by atoms with van der Waals surface area (Å²) >= 11 is 0. The number of hydrogen-bond donors (Lipinski definition) is 2. The smallest absolute Gasteiger partial charge is 0.328 e. The number of aromatic amines is 1. The summed E-state index contributed by atoms with van der Waals surface area (Å²) < 4.78 is 11.4. The van der Waals surface area contributed by atoms with E-state index in [1.807, 2.05) is 0 Å². The minimum absolute atomic E-state index is 0.0899. The van der Waals surface area contributed by atoms with Gasteiger partial charge < -0.3 is 19.8 Å². The van der Waals surface area contributed by atoms with Crippen LogP contribution in [0.5, 0.6) is 11.5 Å². The molecule has 3 aromatic rings. The summed E-state index contributed by atoms with van der Waals surface area (Å²) in [5.74, 6) is 0.248. The molecule has 0 spiro atoms. The Morgan fingerprint density at radius 1 is 1.17 bits per heavy atom. The monoisotopic (exact) mass is 410 g/mol. The number of carbonyl (C=O) groups is 1. The van der Waals surface area contributed by atoms with Crippen LogP contribution in [0, 0.1) is 10.1 Å². The highest BCUT2D eigenvalue weighted by atomic mass is 16.7. The van der Waals surface area contributed by atoms with Crippen molar-refractivity contribution >= 4 is 17.3 Å². The maximum absolute atomic E-state index is 12.8. The normalized spacial score (nSPS) is 11.9. The topological polar surface area (TPSA) is 146 Å². The molecule has 0 saturated carbocycles. The zero-order valence-corrected chi connectivity index (χ0v) is 15.3. The minimum atomic E-state index is -0.809. The summed E-state index contributed by atoms with van der Waals surface area (Å²) in [7, 11) is 0. The van der Waals surface area contributed by atoms with Gasteiger partial charge in [-0.1, -0.05) is 12.1 Å². The van der Waals surface area contributed by atoms with Crippen LogP contribution in [0.15, 0.2) is 58.3 Å². The molecular weight excluding hydrogens is 396 g/mol. The number of nitrogens with one attached hydrogen (secondary N) is 2. The van der Waals surface area contributed by atoms with E-state index in [1.165, 1.54) is 18.2 Å². The molecule has 2 aromatic carbocycles. The fourth-order valence-electron chi connectivity index (χ4n) is 2.93. The Kier molecular flexibility index (Phi) is 4.76. The predicted molar refractivity (Wildman–Crippen MR) is 104 cm³/mol. The van der Waals surface area contributed by atoms with Gasteiger partial charge in [0.25, 0.3) is 17.2 Å². The maximum Gasteiger partial charge on any atom is 0.328 e. The molecule has 1 aromatic heterocycles. The van der Waals surface area contributed by atoms with Gasteiger partial charge in [0.15, 0.2) is 11.5 Å². The van der Waals surface area contributed by atoms with Crippen molar-refractivity contribution in [2.24, 2.45) is 0 Å². The van der Waals surface area contributed by atoms with Crippen LogP contribution in [0.25, 0.3) is 0 Å². The molecule has 11 nitrogen and oxygen atoms in total. The Bertz CT molecular complexity index is 1280. The van der Waals surface area contributed by atoms with Gasteiger partial charge in [-0.3, -0.25) is 24.3 Å². The molecule has 0 fully saturated rings. The number of non-ortho nitro benzene ring substituents is 1. The predicted octanol–water partition coefficient (Wildman–Crippen LogP) is 1.47.